The molecule has 0 saturated carbocycles. The van der Waals surface area contributed by atoms with E-state index in [1.165, 1.54) is 24.1 Å². The second kappa shape index (κ2) is 13.8. The Morgan fingerprint density at radius 3 is 2.24 bits per heavy atom. The highest BCUT2D eigenvalue weighted by Gasteiger charge is 2.36. The predicted octanol–water partition coefficient (Wildman–Crippen LogP) is 4.74. The lowest BCUT2D eigenvalue weighted by Crippen LogP contribution is -2.44. The van der Waals surface area contributed by atoms with E-state index in [1.54, 1.807) is 38.1 Å². The van der Waals surface area contributed by atoms with Gasteiger partial charge in [-0.25, -0.2) is 17.8 Å². The minimum atomic E-state index is -4.70. The van der Waals surface area contributed by atoms with Crippen molar-refractivity contribution in [3.63, 3.8) is 0 Å². The van der Waals surface area contributed by atoms with E-state index in [1.807, 2.05) is 11.6 Å². The van der Waals surface area contributed by atoms with E-state index in [0.29, 0.717) is 5.56 Å². The maximum absolute atomic E-state index is 13.5. The first-order valence-corrected chi connectivity index (χ1v) is 15.7. The number of hydrazine groups is 1. The molecule has 1 saturated heterocycles. The molecule has 1 unspecified atom stereocenters. The summed E-state index contributed by atoms with van der Waals surface area (Å²) in [6.45, 7) is 6.64. The molecule has 1 amide bonds. The average molecular weight is 667 g/mol. The summed E-state index contributed by atoms with van der Waals surface area (Å²) in [6, 6.07) is 12.6. The van der Waals surface area contributed by atoms with Gasteiger partial charge in [0.05, 0.1) is 40.3 Å². The second-order valence-electron chi connectivity index (χ2n) is 11.0. The third-order valence-corrected chi connectivity index (χ3v) is 8.44. The van der Waals surface area contributed by atoms with E-state index in [-0.39, 0.29) is 47.2 Å². The smallest absolute Gasteiger partial charge is 0.435 e. The highest BCUT2D eigenvalue weighted by molar-refractivity contribution is 7.90. The van der Waals surface area contributed by atoms with Gasteiger partial charge in [0.25, 0.3) is 16.3 Å². The fourth-order valence-corrected chi connectivity index (χ4v) is 5.51. The van der Waals surface area contributed by atoms with E-state index in [0.717, 1.165) is 28.4 Å². The Morgan fingerprint density at radius 2 is 1.67 bits per heavy atom. The van der Waals surface area contributed by atoms with Crippen LogP contribution in [0.1, 0.15) is 44.9 Å². The predicted molar refractivity (Wildman–Crippen MR) is 156 cm³/mol. The zero-order valence-corrected chi connectivity index (χ0v) is 26.2. The third kappa shape index (κ3) is 8.32. The third-order valence-electron chi connectivity index (χ3n) is 7.08. The van der Waals surface area contributed by atoms with Crippen LogP contribution >= 0.6 is 0 Å². The van der Waals surface area contributed by atoms with Crippen LogP contribution in [0, 0.1) is 24.0 Å². The Labute approximate surface area is 263 Å². The molecule has 4 rings (SSSR count). The number of rotatable bonds is 10. The van der Waals surface area contributed by atoms with Crippen molar-refractivity contribution in [2.45, 2.75) is 57.9 Å². The van der Waals surface area contributed by atoms with Crippen molar-refractivity contribution < 1.29 is 45.7 Å². The number of hydrogen-bond donors (Lipinski definition) is 1. The molecule has 1 fully saturated rings. The number of aromatic nitrogens is 2. The summed E-state index contributed by atoms with van der Waals surface area (Å²) in [5, 5.41) is 20.6. The largest absolute Gasteiger partial charge is 0.569 e. The summed E-state index contributed by atoms with van der Waals surface area (Å²) in [7, 11) is -4.33. The molecule has 2 heterocycles. The number of carbonyl (C=O) groups is 2. The van der Waals surface area contributed by atoms with Crippen LogP contribution < -0.4 is 4.72 Å². The minimum absolute atomic E-state index is 0.0659. The van der Waals surface area contributed by atoms with E-state index in [4.69, 9.17) is 9.57 Å². The number of piperidine rings is 1. The number of carbonyl (C=O) groups excluding carboxylic acids is 2. The van der Waals surface area contributed by atoms with Gasteiger partial charge < -0.3 is 9.94 Å². The van der Waals surface area contributed by atoms with Gasteiger partial charge in [0.1, 0.15) is 0 Å². The number of halogens is 3. The van der Waals surface area contributed by atoms with Crippen molar-refractivity contribution in [2.24, 2.45) is 17.1 Å². The molecule has 17 heteroatoms. The van der Waals surface area contributed by atoms with Gasteiger partial charge in [0, 0.05) is 18.4 Å². The number of alkyl halides is 3. The van der Waals surface area contributed by atoms with E-state index in [9.17, 15) is 36.4 Å². The summed E-state index contributed by atoms with van der Waals surface area (Å²) in [5.41, 5.74) is 0.612. The topological polar surface area (TPSA) is 158 Å². The Morgan fingerprint density at radius 1 is 1.07 bits per heavy atom. The van der Waals surface area contributed by atoms with Gasteiger partial charge in [0.15, 0.2) is 5.69 Å². The van der Waals surface area contributed by atoms with Crippen LogP contribution in [0.15, 0.2) is 64.8 Å². The van der Waals surface area contributed by atoms with Crippen LogP contribution in [-0.4, -0.2) is 59.4 Å². The molecular formula is C29H33F3N6O7S. The second-order valence-corrected chi connectivity index (χ2v) is 12.7. The molecule has 1 aliphatic heterocycles. The molecule has 1 aromatic heterocycles. The summed E-state index contributed by atoms with van der Waals surface area (Å²) in [4.78, 5) is 29.2. The molecule has 1 aliphatic rings. The van der Waals surface area contributed by atoms with Gasteiger partial charge >= 0.3 is 12.1 Å². The number of benzene rings is 2. The summed E-state index contributed by atoms with van der Waals surface area (Å²) in [5.74, 6) is -2.42. The van der Waals surface area contributed by atoms with Crippen LogP contribution in [0.5, 0.6) is 0 Å². The summed E-state index contributed by atoms with van der Waals surface area (Å²) in [6.07, 6.45) is -5.53. The van der Waals surface area contributed by atoms with Gasteiger partial charge in [-0.2, -0.15) is 18.3 Å². The Kier molecular flexibility index (Phi) is 10.2. The van der Waals surface area contributed by atoms with Crippen molar-refractivity contribution in [3.05, 3.63) is 71.1 Å². The molecule has 1 N–H and O–H groups in total. The van der Waals surface area contributed by atoms with Crippen LogP contribution in [0.25, 0.3) is 16.9 Å². The number of aryl methyl sites for hydroxylation is 1. The van der Waals surface area contributed by atoms with Crippen LogP contribution in [-0.2, 0) is 35.4 Å². The van der Waals surface area contributed by atoms with Crippen molar-refractivity contribution in [1.29, 1.82) is 0 Å². The molecule has 0 radical (unpaired) electrons. The highest BCUT2D eigenvalue weighted by Crippen LogP contribution is 2.33. The number of amides is 1. The minimum Gasteiger partial charge on any atom is -0.569 e. The lowest BCUT2D eigenvalue weighted by Gasteiger charge is -2.27. The SMILES string of the molecule is Cc1ccc(-c2cc(C(F)(F)F)nn2-c2ccc(S(=O)(=O)NC(=O)C3CCN(/[N+]([O-])=N/OC(C)OC(=O)C(C)C)CC3)cc2)cc1. The number of sulfonamides is 1. The van der Waals surface area contributed by atoms with Crippen LogP contribution in [0.3, 0.4) is 0 Å². The molecule has 46 heavy (non-hydrogen) atoms. The van der Waals surface area contributed by atoms with Gasteiger partial charge in [-0.05, 0) is 50.1 Å². The average Bonchev–Trinajstić information content (AvgIpc) is 3.46. The number of ether oxygens (including phenoxy) is 1. The zero-order chi connectivity index (χ0) is 33.8. The van der Waals surface area contributed by atoms with Crippen molar-refractivity contribution in [3.8, 4) is 16.9 Å². The van der Waals surface area contributed by atoms with Crippen LogP contribution in [0.2, 0.25) is 0 Å². The molecule has 248 valence electrons. The Balaban J connectivity index is 1.39. The molecule has 2 aromatic carbocycles. The maximum Gasteiger partial charge on any atom is 0.435 e. The zero-order valence-electron chi connectivity index (χ0n) is 25.4. The molecule has 0 spiro atoms. The fraction of sp³-hybridized carbons (Fsp3) is 0.414. The number of esters is 1. The van der Waals surface area contributed by atoms with E-state index >= 15 is 0 Å². The number of nitrogens with zero attached hydrogens (tertiary/aromatic N) is 5. The molecule has 0 aliphatic carbocycles. The Bertz CT molecular complexity index is 1680. The first-order chi connectivity index (χ1) is 21.5. The van der Waals surface area contributed by atoms with Gasteiger partial charge in [-0.15, -0.1) is 5.01 Å². The lowest BCUT2D eigenvalue weighted by atomic mass is 9.97. The first kappa shape index (κ1) is 34.2. The molecule has 13 nitrogen and oxygen atoms in total. The maximum atomic E-state index is 13.5. The van der Waals surface area contributed by atoms with Gasteiger partial charge in [-0.3, -0.25) is 14.4 Å². The van der Waals surface area contributed by atoms with E-state index in [2.05, 4.69) is 10.4 Å². The van der Waals surface area contributed by atoms with Crippen molar-refractivity contribution in [1.82, 2.24) is 19.5 Å². The quantitative estimate of drug-likeness (QED) is 0.106. The van der Waals surface area contributed by atoms with Gasteiger partial charge in [-0.1, -0.05) is 43.7 Å². The van der Waals surface area contributed by atoms with Crippen molar-refractivity contribution in [2.75, 3.05) is 13.1 Å². The lowest BCUT2D eigenvalue weighted by molar-refractivity contribution is -0.715. The monoisotopic (exact) mass is 666 g/mol. The first-order valence-electron chi connectivity index (χ1n) is 14.3. The summed E-state index contributed by atoms with van der Waals surface area (Å²) >= 11 is 0. The summed E-state index contributed by atoms with van der Waals surface area (Å²) < 4.78 is 74.6. The van der Waals surface area contributed by atoms with Crippen molar-refractivity contribution >= 4 is 21.9 Å². The molecule has 3 aromatic rings. The number of hydrogen-bond acceptors (Lipinski definition) is 9. The van der Waals surface area contributed by atoms with Gasteiger partial charge in [0.2, 0.25) is 11.2 Å². The normalized spacial score (nSPS) is 15.5. The molecule has 0 bridgehead atoms. The highest BCUT2D eigenvalue weighted by atomic mass is 32.2. The standard InChI is InChI=1S/C29H33F3N6O7S/c1-18(2)28(40)44-20(4)45-35-38(41)36-15-13-22(14-16-36)27(39)34-46(42,43)24-11-9-23(10-12-24)37-25(17-26(33-37)29(30,31)32)21-7-5-19(3)6-8-21/h5-12,17-18,20,22H,13-16H2,1-4H3,(H,34,39)/b38-35-. The van der Waals surface area contributed by atoms with E-state index < -0.39 is 51.9 Å². The van der Waals surface area contributed by atoms with Crippen LogP contribution in [0.4, 0.5) is 13.2 Å². The number of nitrogens with one attached hydrogen (secondary N) is 1. The fourth-order valence-electron chi connectivity index (χ4n) is 4.47. The Hall–Kier alpha value is -4.67. The molecule has 1 atom stereocenters. The molecular weight excluding hydrogens is 633 g/mol.